The Kier molecular flexibility index (Phi) is 3.98. The van der Waals surface area contributed by atoms with E-state index in [1.54, 1.807) is 25.1 Å². The quantitative estimate of drug-likeness (QED) is 0.939. The van der Waals surface area contributed by atoms with Crippen LogP contribution in [0.3, 0.4) is 0 Å². The molecule has 0 aliphatic rings. The van der Waals surface area contributed by atoms with Crippen molar-refractivity contribution in [2.75, 3.05) is 0 Å². The molecular formula is C11H9BrClN3O2. The molecule has 94 valence electrons. The highest BCUT2D eigenvalue weighted by Gasteiger charge is 2.09. The summed E-state index contributed by atoms with van der Waals surface area (Å²) in [6, 6.07) is 4.94. The highest BCUT2D eigenvalue weighted by molar-refractivity contribution is 9.10. The molecule has 0 spiro atoms. The molecule has 7 heteroatoms. The topological polar surface area (TPSA) is 68.0 Å². The maximum Gasteiger partial charge on any atom is 0.251 e. The molecule has 2 rings (SSSR count). The first-order valence-electron chi connectivity index (χ1n) is 5.08. The molecular weight excluding hydrogens is 321 g/mol. The van der Waals surface area contributed by atoms with Gasteiger partial charge in [0.1, 0.15) is 0 Å². The van der Waals surface area contributed by atoms with Crippen LogP contribution in [0.15, 0.2) is 27.2 Å². The van der Waals surface area contributed by atoms with E-state index in [1.807, 2.05) is 0 Å². The number of amides is 1. The van der Waals surface area contributed by atoms with Gasteiger partial charge >= 0.3 is 0 Å². The molecule has 5 nitrogen and oxygen atoms in total. The number of nitrogens with one attached hydrogen (secondary N) is 1. The highest BCUT2D eigenvalue weighted by atomic mass is 79.9. The largest absolute Gasteiger partial charge is 0.343 e. The Morgan fingerprint density at radius 2 is 2.33 bits per heavy atom. The zero-order valence-corrected chi connectivity index (χ0v) is 11.7. The minimum absolute atomic E-state index is 0.194. The summed E-state index contributed by atoms with van der Waals surface area (Å²) in [5.74, 6) is 0.672. The molecule has 1 heterocycles. The predicted octanol–water partition coefficient (Wildman–Crippen LogP) is 2.72. The minimum atomic E-state index is -0.233. The molecule has 18 heavy (non-hydrogen) atoms. The molecule has 0 radical (unpaired) electrons. The van der Waals surface area contributed by atoms with Crippen molar-refractivity contribution in [1.29, 1.82) is 0 Å². The van der Waals surface area contributed by atoms with Gasteiger partial charge in [0.05, 0.1) is 11.6 Å². The Morgan fingerprint density at radius 1 is 1.56 bits per heavy atom. The van der Waals surface area contributed by atoms with E-state index in [9.17, 15) is 4.79 Å². The Bertz CT molecular complexity index is 585. The Balaban J connectivity index is 2.01. The summed E-state index contributed by atoms with van der Waals surface area (Å²) in [6.45, 7) is 1.91. The van der Waals surface area contributed by atoms with Crippen LogP contribution in [0, 0.1) is 6.92 Å². The molecule has 0 unspecified atom stereocenters. The van der Waals surface area contributed by atoms with E-state index in [1.165, 1.54) is 0 Å². The Labute approximate surface area is 117 Å². The normalized spacial score (nSPS) is 10.4. The standard InChI is InChI=1S/C11H9BrClN3O2/c1-6-15-10(18-16-6)5-14-11(17)7-2-3-9(13)8(12)4-7/h2-4H,5H2,1H3,(H,14,17). The molecule has 2 aromatic rings. The zero-order chi connectivity index (χ0) is 13.1. The number of hydrogen-bond acceptors (Lipinski definition) is 4. The Morgan fingerprint density at radius 3 is 2.94 bits per heavy atom. The summed E-state index contributed by atoms with van der Waals surface area (Å²) in [5.41, 5.74) is 0.502. The van der Waals surface area contributed by atoms with Gasteiger partial charge in [-0.15, -0.1) is 0 Å². The zero-order valence-electron chi connectivity index (χ0n) is 9.41. The van der Waals surface area contributed by atoms with Crippen LogP contribution in [0.5, 0.6) is 0 Å². The van der Waals surface area contributed by atoms with Gasteiger partial charge in [-0.05, 0) is 41.1 Å². The summed E-state index contributed by atoms with van der Waals surface area (Å²) in [5, 5.41) is 6.86. The number of carbonyl (C=O) groups excluding carboxylic acids is 1. The number of nitrogens with zero attached hydrogens (tertiary/aromatic N) is 2. The minimum Gasteiger partial charge on any atom is -0.343 e. The van der Waals surface area contributed by atoms with E-state index in [2.05, 4.69) is 31.4 Å². The lowest BCUT2D eigenvalue weighted by atomic mass is 10.2. The van der Waals surface area contributed by atoms with E-state index in [-0.39, 0.29) is 12.5 Å². The first-order valence-corrected chi connectivity index (χ1v) is 6.26. The smallest absolute Gasteiger partial charge is 0.251 e. The number of aryl methyl sites for hydroxylation is 1. The van der Waals surface area contributed by atoms with E-state index in [4.69, 9.17) is 16.1 Å². The number of carbonyl (C=O) groups is 1. The summed E-state index contributed by atoms with van der Waals surface area (Å²) < 4.78 is 5.56. The predicted molar refractivity (Wildman–Crippen MR) is 69.4 cm³/mol. The number of hydrogen-bond donors (Lipinski definition) is 1. The van der Waals surface area contributed by atoms with Crippen LogP contribution >= 0.6 is 27.5 Å². The maximum absolute atomic E-state index is 11.8. The number of rotatable bonds is 3. The lowest BCUT2D eigenvalue weighted by Gasteiger charge is -2.03. The summed E-state index contributed by atoms with van der Waals surface area (Å²) >= 11 is 9.11. The van der Waals surface area contributed by atoms with Crippen molar-refractivity contribution in [2.45, 2.75) is 13.5 Å². The number of benzene rings is 1. The van der Waals surface area contributed by atoms with Crippen molar-refractivity contribution in [2.24, 2.45) is 0 Å². The van der Waals surface area contributed by atoms with Crippen LogP contribution in [0.1, 0.15) is 22.1 Å². The molecule has 0 aliphatic carbocycles. The van der Waals surface area contributed by atoms with Gasteiger partial charge in [-0.3, -0.25) is 4.79 Å². The second-order valence-corrected chi connectivity index (χ2v) is 4.81. The van der Waals surface area contributed by atoms with Crippen molar-refractivity contribution < 1.29 is 9.32 Å². The molecule has 0 aliphatic heterocycles. The average molecular weight is 331 g/mol. The summed E-state index contributed by atoms with van der Waals surface area (Å²) in [4.78, 5) is 15.8. The van der Waals surface area contributed by atoms with Crippen molar-refractivity contribution >= 4 is 33.4 Å². The summed E-state index contributed by atoms with van der Waals surface area (Å²) in [6.07, 6.45) is 0. The molecule has 0 saturated heterocycles. The van der Waals surface area contributed by atoms with Crippen LogP contribution in [-0.2, 0) is 6.54 Å². The molecule has 0 saturated carbocycles. The second-order valence-electron chi connectivity index (χ2n) is 3.55. The van der Waals surface area contributed by atoms with Crippen molar-refractivity contribution in [3.8, 4) is 0 Å². The van der Waals surface area contributed by atoms with E-state index in [0.717, 1.165) is 0 Å². The van der Waals surface area contributed by atoms with E-state index in [0.29, 0.717) is 26.8 Å². The van der Waals surface area contributed by atoms with Crippen molar-refractivity contribution in [3.05, 3.63) is 45.0 Å². The van der Waals surface area contributed by atoms with Crippen LogP contribution in [-0.4, -0.2) is 16.0 Å². The van der Waals surface area contributed by atoms with Crippen LogP contribution in [0.2, 0.25) is 5.02 Å². The van der Waals surface area contributed by atoms with Crippen molar-refractivity contribution in [1.82, 2.24) is 15.5 Å². The lowest BCUT2D eigenvalue weighted by molar-refractivity contribution is 0.0946. The second kappa shape index (κ2) is 5.49. The van der Waals surface area contributed by atoms with Gasteiger partial charge in [-0.25, -0.2) is 0 Å². The Hall–Kier alpha value is -1.40. The maximum atomic E-state index is 11.8. The first kappa shape index (κ1) is 13.0. The third kappa shape index (κ3) is 3.08. The SMILES string of the molecule is Cc1noc(CNC(=O)c2ccc(Cl)c(Br)c2)n1. The van der Waals surface area contributed by atoms with Gasteiger partial charge in [-0.2, -0.15) is 4.98 Å². The fourth-order valence-corrected chi connectivity index (χ4v) is 1.80. The molecule has 1 amide bonds. The van der Waals surface area contributed by atoms with E-state index >= 15 is 0 Å². The van der Waals surface area contributed by atoms with Gasteiger partial charge in [0.25, 0.3) is 5.91 Å². The van der Waals surface area contributed by atoms with E-state index < -0.39 is 0 Å². The third-order valence-electron chi connectivity index (χ3n) is 2.15. The number of aromatic nitrogens is 2. The molecule has 1 aromatic carbocycles. The third-order valence-corrected chi connectivity index (χ3v) is 3.37. The molecule has 0 fully saturated rings. The highest BCUT2D eigenvalue weighted by Crippen LogP contribution is 2.23. The number of halogens is 2. The van der Waals surface area contributed by atoms with Gasteiger partial charge in [0.15, 0.2) is 5.82 Å². The summed E-state index contributed by atoms with van der Waals surface area (Å²) in [7, 11) is 0. The van der Waals surface area contributed by atoms with Crippen LogP contribution in [0.25, 0.3) is 0 Å². The van der Waals surface area contributed by atoms with Gasteiger partial charge < -0.3 is 9.84 Å². The molecule has 0 bridgehead atoms. The average Bonchev–Trinajstić information content (AvgIpc) is 2.75. The van der Waals surface area contributed by atoms with Crippen LogP contribution < -0.4 is 5.32 Å². The lowest BCUT2D eigenvalue weighted by Crippen LogP contribution is -2.22. The molecule has 0 atom stereocenters. The van der Waals surface area contributed by atoms with Crippen molar-refractivity contribution in [3.63, 3.8) is 0 Å². The fraction of sp³-hybridized carbons (Fsp3) is 0.182. The fourth-order valence-electron chi connectivity index (χ4n) is 1.31. The molecule has 1 aromatic heterocycles. The molecule has 1 N–H and O–H groups in total. The van der Waals surface area contributed by atoms with Gasteiger partial charge in [0.2, 0.25) is 5.89 Å². The van der Waals surface area contributed by atoms with Crippen LogP contribution in [0.4, 0.5) is 0 Å². The van der Waals surface area contributed by atoms with Gasteiger partial charge in [0, 0.05) is 10.0 Å². The van der Waals surface area contributed by atoms with Gasteiger partial charge in [-0.1, -0.05) is 16.8 Å². The monoisotopic (exact) mass is 329 g/mol. The first-order chi connectivity index (χ1) is 8.56.